The third-order valence-corrected chi connectivity index (χ3v) is 10.8. The molecule has 2 fully saturated rings. The lowest BCUT2D eigenvalue weighted by Crippen LogP contribution is -2.50. The molecule has 2 unspecified atom stereocenters. The van der Waals surface area contributed by atoms with Crippen molar-refractivity contribution in [2.24, 2.45) is 16.6 Å². The summed E-state index contributed by atoms with van der Waals surface area (Å²) in [6, 6.07) is 22.5. The van der Waals surface area contributed by atoms with E-state index in [1.165, 1.54) is 24.3 Å². The van der Waals surface area contributed by atoms with Gasteiger partial charge in [-0.05, 0) is 134 Å². The van der Waals surface area contributed by atoms with Crippen LogP contribution in [0.4, 0.5) is 18.4 Å². The van der Waals surface area contributed by atoms with E-state index in [1.54, 1.807) is 59.4 Å². The Morgan fingerprint density at radius 2 is 1.05 bits per heavy atom. The standard InChI is InChI=1S/C24H30FN3O3.C12H11FN2.C12H21NO4/c1-23(2,3)31-22(30)28-15-12-24(4,13-16-28)21(29)27-20(19-7-5-6-14-26-19)17-8-10-18(25)11-9-17;13-10-6-4-9(5-7-10)12(14)11-3-1-2-8-15-11;1-11(2,3)17-10(16)13-7-5-12(4,6-8-13)9(14)15/h5-11,14,20H,12-13,15-16H2,1-4H3,(H,27,29);1-8,12H,14H2;5-8H2,1-4H3,(H,14,15). The fraction of sp³-hybridized carbons (Fsp3) is 0.458. The van der Waals surface area contributed by atoms with Crippen molar-refractivity contribution in [2.75, 3.05) is 26.2 Å². The molecule has 2 atom stereocenters. The normalized spacial score (nSPS) is 16.7. The van der Waals surface area contributed by atoms with E-state index in [2.05, 4.69) is 15.3 Å². The van der Waals surface area contributed by atoms with Crippen LogP contribution in [0.15, 0.2) is 97.3 Å². The number of ether oxygens (including phenoxy) is 2. The first-order valence-electron chi connectivity index (χ1n) is 21.1. The minimum Gasteiger partial charge on any atom is -0.481 e. The Bertz CT molecular complexity index is 2100. The summed E-state index contributed by atoms with van der Waals surface area (Å²) >= 11 is 0. The number of hydrogen-bond donors (Lipinski definition) is 3. The minimum atomic E-state index is -0.790. The fourth-order valence-corrected chi connectivity index (χ4v) is 6.70. The number of likely N-dealkylation sites (tertiary alicyclic amines) is 2. The molecule has 0 saturated carbocycles. The predicted octanol–water partition coefficient (Wildman–Crippen LogP) is 8.84. The third-order valence-electron chi connectivity index (χ3n) is 10.8. The molecule has 4 aromatic rings. The second-order valence-corrected chi connectivity index (χ2v) is 18.4. The summed E-state index contributed by atoms with van der Waals surface area (Å²) in [5.41, 5.74) is 6.64. The summed E-state index contributed by atoms with van der Waals surface area (Å²) in [5.74, 6) is -1.50. The van der Waals surface area contributed by atoms with Crippen molar-refractivity contribution in [3.8, 4) is 0 Å². The van der Waals surface area contributed by atoms with Crippen LogP contribution in [0.25, 0.3) is 0 Å². The lowest BCUT2D eigenvalue weighted by molar-refractivity contribution is -0.150. The maximum absolute atomic E-state index is 13.4. The van der Waals surface area contributed by atoms with Gasteiger partial charge in [-0.25, -0.2) is 18.4 Å². The van der Waals surface area contributed by atoms with Gasteiger partial charge in [0, 0.05) is 44.0 Å². The third kappa shape index (κ3) is 15.1. The van der Waals surface area contributed by atoms with Crippen LogP contribution in [0.2, 0.25) is 0 Å². The van der Waals surface area contributed by atoms with Crippen molar-refractivity contribution in [2.45, 2.75) is 104 Å². The molecule has 4 heterocycles. The number of benzene rings is 2. The van der Waals surface area contributed by atoms with Gasteiger partial charge >= 0.3 is 18.2 Å². The first-order chi connectivity index (χ1) is 29.5. The van der Waals surface area contributed by atoms with Crippen LogP contribution in [0, 0.1) is 22.5 Å². The number of nitrogens with one attached hydrogen (secondary N) is 1. The van der Waals surface area contributed by atoms with Crippen LogP contribution in [-0.4, -0.2) is 86.3 Å². The van der Waals surface area contributed by atoms with Crippen LogP contribution in [0.5, 0.6) is 0 Å². The Balaban J connectivity index is 0.000000229. The first kappa shape index (κ1) is 49.7. The van der Waals surface area contributed by atoms with Gasteiger partial charge in [0.15, 0.2) is 0 Å². The topological polar surface area (TPSA) is 177 Å². The van der Waals surface area contributed by atoms with Crippen LogP contribution in [-0.2, 0) is 19.1 Å². The van der Waals surface area contributed by atoms with E-state index in [1.807, 2.05) is 78.8 Å². The largest absolute Gasteiger partial charge is 0.481 e. The molecule has 4 N–H and O–H groups in total. The van der Waals surface area contributed by atoms with E-state index in [4.69, 9.17) is 20.3 Å². The van der Waals surface area contributed by atoms with Crippen molar-refractivity contribution >= 4 is 24.1 Å². The van der Waals surface area contributed by atoms with Crippen LogP contribution in [0.3, 0.4) is 0 Å². The summed E-state index contributed by atoms with van der Waals surface area (Å²) < 4.78 is 36.8. The molecular formula is C48H62F2N6O7. The number of hydrogen-bond acceptors (Lipinski definition) is 9. The smallest absolute Gasteiger partial charge is 0.410 e. The Morgan fingerprint density at radius 3 is 1.43 bits per heavy atom. The van der Waals surface area contributed by atoms with Gasteiger partial charge in [-0.3, -0.25) is 19.6 Å². The molecule has 0 aliphatic carbocycles. The number of aliphatic carboxylic acids is 1. The molecule has 0 radical (unpaired) electrons. The van der Waals surface area contributed by atoms with E-state index in [0.717, 1.165) is 16.8 Å². The van der Waals surface area contributed by atoms with E-state index < -0.39 is 34.0 Å². The van der Waals surface area contributed by atoms with Crippen molar-refractivity contribution in [1.82, 2.24) is 25.1 Å². The van der Waals surface area contributed by atoms with E-state index in [-0.39, 0.29) is 35.8 Å². The van der Waals surface area contributed by atoms with Gasteiger partial charge in [0.25, 0.3) is 0 Å². The number of carbonyl (C=O) groups excluding carboxylic acids is 3. The molecule has 15 heteroatoms. The van der Waals surface area contributed by atoms with E-state index >= 15 is 0 Å². The second-order valence-electron chi connectivity index (χ2n) is 18.4. The number of carboxylic acids is 1. The highest BCUT2D eigenvalue weighted by Crippen LogP contribution is 2.34. The Hall–Kier alpha value is -5.96. The SMILES string of the molecule is CC(C)(C)OC(=O)N1CCC(C)(C(=O)NC(c2ccc(F)cc2)c2ccccn2)CC1.CC(C)(C)OC(=O)N1CCC(C)(C(=O)O)CC1.NC(c1ccc(F)cc1)c1ccccn1. The molecule has 3 amide bonds. The van der Waals surface area contributed by atoms with Crippen LogP contribution < -0.4 is 11.1 Å². The summed E-state index contributed by atoms with van der Waals surface area (Å²) in [7, 11) is 0. The number of rotatable bonds is 7. The number of piperidine rings is 2. The van der Waals surface area contributed by atoms with E-state index in [9.17, 15) is 28.0 Å². The first-order valence-corrected chi connectivity index (χ1v) is 21.1. The van der Waals surface area contributed by atoms with Gasteiger partial charge in [0.2, 0.25) is 5.91 Å². The summed E-state index contributed by atoms with van der Waals surface area (Å²) in [6.45, 7) is 16.4. The number of carbonyl (C=O) groups is 4. The van der Waals surface area contributed by atoms with Crippen molar-refractivity contribution < 1.29 is 42.5 Å². The van der Waals surface area contributed by atoms with Crippen molar-refractivity contribution in [3.63, 3.8) is 0 Å². The molecular weight excluding hydrogens is 811 g/mol. The predicted molar refractivity (Wildman–Crippen MR) is 235 cm³/mol. The molecule has 2 aliphatic rings. The van der Waals surface area contributed by atoms with Crippen molar-refractivity contribution in [3.05, 3.63) is 131 Å². The van der Waals surface area contributed by atoms with Gasteiger partial charge in [0.05, 0.1) is 28.9 Å². The Morgan fingerprint density at radius 1 is 0.651 bits per heavy atom. The Labute approximate surface area is 369 Å². The Kier molecular flexibility index (Phi) is 16.9. The van der Waals surface area contributed by atoms with Crippen LogP contribution in [0.1, 0.15) is 116 Å². The van der Waals surface area contributed by atoms with E-state index in [0.29, 0.717) is 57.6 Å². The lowest BCUT2D eigenvalue weighted by Gasteiger charge is -2.39. The molecule has 2 aromatic heterocycles. The highest BCUT2D eigenvalue weighted by atomic mass is 19.1. The summed E-state index contributed by atoms with van der Waals surface area (Å²) in [6.07, 6.45) is 4.64. The number of pyridine rings is 2. The van der Waals surface area contributed by atoms with Gasteiger partial charge < -0.3 is 35.4 Å². The summed E-state index contributed by atoms with van der Waals surface area (Å²) in [4.78, 5) is 60.2. The molecule has 0 spiro atoms. The zero-order valence-electron chi connectivity index (χ0n) is 37.6. The number of carboxylic acid groups (broad SMARTS) is 1. The molecule has 63 heavy (non-hydrogen) atoms. The highest BCUT2D eigenvalue weighted by Gasteiger charge is 2.41. The summed E-state index contributed by atoms with van der Waals surface area (Å²) in [5, 5.41) is 12.2. The zero-order chi connectivity index (χ0) is 46.6. The zero-order valence-corrected chi connectivity index (χ0v) is 37.6. The average molecular weight is 873 g/mol. The number of amides is 3. The van der Waals surface area contributed by atoms with Gasteiger partial charge in [-0.1, -0.05) is 43.3 Å². The van der Waals surface area contributed by atoms with Gasteiger partial charge in [0.1, 0.15) is 22.8 Å². The highest BCUT2D eigenvalue weighted by molar-refractivity contribution is 5.83. The molecule has 2 aliphatic heterocycles. The minimum absolute atomic E-state index is 0.115. The number of aromatic nitrogens is 2. The number of halogens is 2. The fourth-order valence-electron chi connectivity index (χ4n) is 6.70. The average Bonchev–Trinajstić information content (AvgIpc) is 3.23. The molecule has 0 bridgehead atoms. The molecule has 2 saturated heterocycles. The number of nitrogens with two attached hydrogens (primary N) is 1. The maximum Gasteiger partial charge on any atom is 0.410 e. The van der Waals surface area contributed by atoms with Crippen molar-refractivity contribution in [1.29, 1.82) is 0 Å². The molecule has 340 valence electrons. The number of nitrogens with zero attached hydrogens (tertiary/aromatic N) is 4. The monoisotopic (exact) mass is 872 g/mol. The molecule has 6 rings (SSSR count). The maximum atomic E-state index is 13.4. The molecule has 2 aromatic carbocycles. The molecule has 13 nitrogen and oxygen atoms in total. The second kappa shape index (κ2) is 21.4. The lowest BCUT2D eigenvalue weighted by atomic mass is 9.79. The quantitative estimate of drug-likeness (QED) is 0.163. The van der Waals surface area contributed by atoms with Gasteiger partial charge in [-0.15, -0.1) is 0 Å². The van der Waals surface area contributed by atoms with Crippen LogP contribution >= 0.6 is 0 Å². The van der Waals surface area contributed by atoms with Gasteiger partial charge in [-0.2, -0.15) is 0 Å².